The largest absolute Gasteiger partial charge is 0.486 e. The molecular weight excluding hydrogens is 446 g/mol. The zero-order valence-corrected chi connectivity index (χ0v) is 18.2. The summed E-state index contributed by atoms with van der Waals surface area (Å²) in [6, 6.07) is 10.1. The molecule has 0 fully saturated rings. The number of nitrogens with one attached hydrogen (secondary N) is 4. The van der Waals surface area contributed by atoms with Crippen LogP contribution in [0.4, 0.5) is 11.5 Å². The number of anilines is 2. The maximum atomic E-state index is 12.6. The monoisotopic (exact) mass is 467 g/mol. The zero-order chi connectivity index (χ0) is 23.4. The lowest BCUT2D eigenvalue weighted by Gasteiger charge is -2.18. The summed E-state index contributed by atoms with van der Waals surface area (Å²) in [7, 11) is -3.97. The Labute approximate surface area is 189 Å². The number of amides is 1. The Bertz CT molecular complexity index is 1380. The molecule has 1 aliphatic rings. The van der Waals surface area contributed by atoms with Crippen LogP contribution in [0.25, 0.3) is 10.9 Å². The van der Waals surface area contributed by atoms with Crippen molar-refractivity contribution >= 4 is 44.6 Å². The molecule has 3 aromatic rings. The van der Waals surface area contributed by atoms with Gasteiger partial charge in [-0.3, -0.25) is 14.6 Å². The van der Waals surface area contributed by atoms with E-state index in [-0.39, 0.29) is 28.7 Å². The van der Waals surface area contributed by atoms with Gasteiger partial charge in [-0.25, -0.2) is 8.42 Å². The molecule has 0 spiro atoms. The molecule has 1 amide bonds. The van der Waals surface area contributed by atoms with Gasteiger partial charge in [-0.2, -0.15) is 5.10 Å². The molecule has 170 valence electrons. The first-order valence-electron chi connectivity index (χ1n) is 9.92. The molecule has 33 heavy (non-hydrogen) atoms. The summed E-state index contributed by atoms with van der Waals surface area (Å²) < 4.78 is 38.4. The highest BCUT2D eigenvalue weighted by Crippen LogP contribution is 2.31. The van der Waals surface area contributed by atoms with E-state index in [0.29, 0.717) is 35.6 Å². The van der Waals surface area contributed by atoms with Crippen molar-refractivity contribution in [3.63, 3.8) is 0 Å². The van der Waals surface area contributed by atoms with E-state index < -0.39 is 10.0 Å². The fraction of sp³-hybridized carbons (Fsp3) is 0.136. The van der Waals surface area contributed by atoms with E-state index in [4.69, 9.17) is 14.9 Å². The number of H-pyrrole nitrogens is 1. The van der Waals surface area contributed by atoms with Gasteiger partial charge in [0.05, 0.1) is 11.9 Å². The van der Waals surface area contributed by atoms with E-state index >= 15 is 0 Å². The van der Waals surface area contributed by atoms with Crippen molar-refractivity contribution in [3.8, 4) is 11.5 Å². The second-order valence-electron chi connectivity index (χ2n) is 7.09. The number of benzene rings is 2. The number of ether oxygens (including phenoxy) is 2. The van der Waals surface area contributed by atoms with Gasteiger partial charge in [0, 0.05) is 17.3 Å². The van der Waals surface area contributed by atoms with Crippen molar-refractivity contribution < 1.29 is 22.7 Å². The summed E-state index contributed by atoms with van der Waals surface area (Å²) in [5, 5.41) is 17.5. The van der Waals surface area contributed by atoms with E-state index in [1.165, 1.54) is 12.2 Å². The van der Waals surface area contributed by atoms with E-state index in [2.05, 4.69) is 26.8 Å². The van der Waals surface area contributed by atoms with Crippen molar-refractivity contribution in [1.29, 1.82) is 5.41 Å². The number of aromatic amines is 1. The minimum atomic E-state index is -3.97. The van der Waals surface area contributed by atoms with Gasteiger partial charge in [0.25, 0.3) is 10.0 Å². The summed E-state index contributed by atoms with van der Waals surface area (Å²) >= 11 is 0. The van der Waals surface area contributed by atoms with Gasteiger partial charge in [-0.1, -0.05) is 18.7 Å². The second kappa shape index (κ2) is 9.17. The van der Waals surface area contributed by atoms with Crippen LogP contribution in [0.1, 0.15) is 5.56 Å². The Balaban J connectivity index is 1.51. The number of rotatable bonds is 8. The van der Waals surface area contributed by atoms with Gasteiger partial charge in [0.2, 0.25) is 5.91 Å². The molecule has 0 unspecified atom stereocenters. The number of carbonyl (C=O) groups excluding carboxylic acids is 1. The molecular formula is C22H21N5O5S. The first-order chi connectivity index (χ1) is 15.9. The predicted octanol–water partition coefficient (Wildman–Crippen LogP) is 2.98. The van der Waals surface area contributed by atoms with Gasteiger partial charge in [0.15, 0.2) is 17.3 Å². The lowest BCUT2D eigenvalue weighted by molar-refractivity contribution is -0.115. The lowest BCUT2D eigenvalue weighted by Crippen LogP contribution is -2.17. The molecule has 0 aliphatic carbocycles. The molecule has 10 nitrogen and oxygen atoms in total. The number of hydrogen-bond acceptors (Lipinski definition) is 7. The maximum absolute atomic E-state index is 12.6. The number of aromatic nitrogens is 2. The van der Waals surface area contributed by atoms with Crippen molar-refractivity contribution in [2.75, 3.05) is 23.3 Å². The normalized spacial score (nSPS) is 13.4. The number of sulfonamides is 1. The number of fused-ring (bicyclic) bond motifs is 2. The molecule has 0 bridgehead atoms. The van der Waals surface area contributed by atoms with Crippen LogP contribution in [0.5, 0.6) is 11.5 Å². The van der Waals surface area contributed by atoms with Crippen LogP contribution < -0.4 is 19.5 Å². The highest BCUT2D eigenvalue weighted by atomic mass is 32.2. The van der Waals surface area contributed by atoms with E-state index in [1.807, 2.05) is 0 Å². The SMILES string of the molecule is C=C/C=C(\C=N)S(=O)(=O)Nc1ccc2[nH]nc(NC(=O)Cc3ccc4c(c3)OCCO4)c2c1. The number of hydrogen-bond donors (Lipinski definition) is 4. The average molecular weight is 468 g/mol. The van der Waals surface area contributed by atoms with Crippen LogP contribution in [-0.4, -0.2) is 44.0 Å². The standard InChI is InChI=1S/C22H21N5O5S/c1-2-3-16(13-23)33(29,30)27-15-5-6-18-17(12-15)22(26-25-18)24-21(28)11-14-4-7-19-20(10-14)32-9-8-31-19/h2-7,10,12-13,23,27H,1,8-9,11H2,(H2,24,25,26,28)/b16-3+,23-13?. The Morgan fingerprint density at radius 1 is 1.18 bits per heavy atom. The van der Waals surface area contributed by atoms with Gasteiger partial charge in [-0.05, 0) is 42.0 Å². The van der Waals surface area contributed by atoms with E-state index in [9.17, 15) is 13.2 Å². The summed E-state index contributed by atoms with van der Waals surface area (Å²) in [6.07, 6.45) is 3.32. The maximum Gasteiger partial charge on any atom is 0.263 e. The van der Waals surface area contributed by atoms with Crippen LogP contribution in [-0.2, 0) is 21.2 Å². The Kier molecular flexibility index (Phi) is 6.13. The fourth-order valence-corrected chi connectivity index (χ4v) is 4.26. The molecule has 4 N–H and O–H groups in total. The minimum absolute atomic E-state index is 0.0896. The van der Waals surface area contributed by atoms with Gasteiger partial charge in [0.1, 0.15) is 18.1 Å². The van der Waals surface area contributed by atoms with Crippen LogP contribution in [0, 0.1) is 5.41 Å². The van der Waals surface area contributed by atoms with Crippen LogP contribution in [0.3, 0.4) is 0 Å². The number of allylic oxidation sites excluding steroid dienone is 3. The predicted molar refractivity (Wildman–Crippen MR) is 125 cm³/mol. The fourth-order valence-electron chi connectivity index (χ4n) is 3.28. The molecule has 0 radical (unpaired) electrons. The van der Waals surface area contributed by atoms with E-state index in [0.717, 1.165) is 11.8 Å². The zero-order valence-electron chi connectivity index (χ0n) is 17.4. The Morgan fingerprint density at radius 3 is 2.73 bits per heavy atom. The topological polar surface area (TPSA) is 146 Å². The summed E-state index contributed by atoms with van der Waals surface area (Å²) in [5.74, 6) is 1.21. The highest BCUT2D eigenvalue weighted by Gasteiger charge is 2.18. The van der Waals surface area contributed by atoms with Crippen molar-refractivity contribution in [2.45, 2.75) is 6.42 Å². The van der Waals surface area contributed by atoms with E-state index in [1.54, 1.807) is 36.4 Å². The minimum Gasteiger partial charge on any atom is -0.486 e. The van der Waals surface area contributed by atoms with Crippen LogP contribution >= 0.6 is 0 Å². The van der Waals surface area contributed by atoms with Crippen molar-refractivity contribution in [2.24, 2.45) is 0 Å². The quantitative estimate of drug-likeness (QED) is 0.296. The van der Waals surface area contributed by atoms with Crippen LogP contribution in [0.2, 0.25) is 0 Å². The Hall–Kier alpha value is -4.12. The molecule has 2 aromatic carbocycles. The van der Waals surface area contributed by atoms with Crippen LogP contribution in [0.15, 0.2) is 60.0 Å². The molecule has 1 aliphatic heterocycles. The number of nitrogens with zero attached hydrogens (tertiary/aromatic N) is 1. The van der Waals surface area contributed by atoms with Gasteiger partial charge < -0.3 is 20.2 Å². The van der Waals surface area contributed by atoms with Gasteiger partial charge in [-0.15, -0.1) is 0 Å². The second-order valence-corrected chi connectivity index (χ2v) is 8.77. The number of carbonyl (C=O) groups is 1. The molecule has 0 saturated heterocycles. The molecule has 2 heterocycles. The molecule has 0 atom stereocenters. The third-order valence-corrected chi connectivity index (χ3v) is 6.16. The average Bonchev–Trinajstić information content (AvgIpc) is 3.18. The molecule has 0 saturated carbocycles. The first kappa shape index (κ1) is 22.1. The lowest BCUT2D eigenvalue weighted by atomic mass is 10.1. The molecule has 4 rings (SSSR count). The van der Waals surface area contributed by atoms with Crippen molar-refractivity contribution in [1.82, 2.24) is 10.2 Å². The smallest absolute Gasteiger partial charge is 0.263 e. The third-order valence-electron chi connectivity index (χ3n) is 4.78. The summed E-state index contributed by atoms with van der Waals surface area (Å²) in [5.41, 5.74) is 1.61. The summed E-state index contributed by atoms with van der Waals surface area (Å²) in [6.45, 7) is 4.40. The molecule has 11 heteroatoms. The first-order valence-corrected chi connectivity index (χ1v) is 11.4. The van der Waals surface area contributed by atoms with Gasteiger partial charge >= 0.3 is 0 Å². The van der Waals surface area contributed by atoms with Crippen molar-refractivity contribution in [3.05, 3.63) is 65.6 Å². The summed E-state index contributed by atoms with van der Waals surface area (Å²) in [4.78, 5) is 12.4. The molecule has 1 aromatic heterocycles. The Morgan fingerprint density at radius 2 is 1.97 bits per heavy atom. The third kappa shape index (κ3) is 4.88. The highest BCUT2D eigenvalue weighted by molar-refractivity contribution is 7.97.